The number of aliphatic carboxylic acids is 2. The van der Waals surface area contributed by atoms with Crippen LogP contribution < -0.4 is 0 Å². The molecule has 18 heavy (non-hydrogen) atoms. The zero-order valence-corrected chi connectivity index (χ0v) is 10.1. The minimum atomic E-state index is -1.47. The van der Waals surface area contributed by atoms with E-state index in [1.54, 1.807) is 13.8 Å². The molecular weight excluding hydrogens is 236 g/mol. The van der Waals surface area contributed by atoms with Crippen LogP contribution in [0.15, 0.2) is 47.6 Å². The molecule has 0 spiro atoms. The highest BCUT2D eigenvalue weighted by atomic mass is 16.4. The number of carboxylic acids is 2. The Morgan fingerprint density at radius 2 is 1.11 bits per heavy atom. The summed E-state index contributed by atoms with van der Waals surface area (Å²) in [7, 11) is 0. The minimum Gasteiger partial charge on any atom is -0.478 e. The lowest BCUT2D eigenvalue weighted by Crippen LogP contribution is -2.19. The summed E-state index contributed by atoms with van der Waals surface area (Å²) in [4.78, 5) is 33.5. The predicted molar refractivity (Wildman–Crippen MR) is 66.1 cm³/mol. The molecule has 0 amide bonds. The van der Waals surface area contributed by atoms with Gasteiger partial charge in [-0.2, -0.15) is 0 Å². The van der Waals surface area contributed by atoms with Crippen molar-refractivity contribution in [2.24, 2.45) is 0 Å². The Labute approximate surface area is 104 Å². The molecule has 0 atom stereocenters. The van der Waals surface area contributed by atoms with Crippen LogP contribution in [0, 0.1) is 0 Å². The number of rotatable bonds is 6. The maximum absolute atomic E-state index is 11.8. The van der Waals surface area contributed by atoms with Gasteiger partial charge in [-0.25, -0.2) is 9.59 Å². The van der Waals surface area contributed by atoms with Gasteiger partial charge in [0.15, 0.2) is 0 Å². The number of carboxylic acid groups (broad SMARTS) is 2. The second-order valence-electron chi connectivity index (χ2n) is 3.15. The van der Waals surface area contributed by atoms with Crippen LogP contribution >= 0.6 is 0 Å². The second kappa shape index (κ2) is 7.78. The van der Waals surface area contributed by atoms with E-state index in [9.17, 15) is 14.4 Å². The Morgan fingerprint density at radius 3 is 1.33 bits per heavy atom. The first-order chi connectivity index (χ1) is 8.45. The number of Topliss-reactive ketones (excluding diaryl/α,β-unsaturated/α-hetero) is 1. The van der Waals surface area contributed by atoms with Gasteiger partial charge in [0.1, 0.15) is 11.1 Å². The number of hydrogen-bond donors (Lipinski definition) is 2. The Morgan fingerprint density at radius 1 is 0.778 bits per heavy atom. The van der Waals surface area contributed by atoms with Crippen LogP contribution in [0.25, 0.3) is 0 Å². The van der Waals surface area contributed by atoms with Gasteiger partial charge >= 0.3 is 11.9 Å². The van der Waals surface area contributed by atoms with Crippen molar-refractivity contribution in [3.05, 3.63) is 47.6 Å². The molecule has 5 nitrogen and oxygen atoms in total. The molecule has 0 aromatic rings. The Hall–Kier alpha value is -2.43. The summed E-state index contributed by atoms with van der Waals surface area (Å²) in [6, 6.07) is 0. The maximum Gasteiger partial charge on any atom is 0.339 e. The van der Waals surface area contributed by atoms with Gasteiger partial charge in [0.25, 0.3) is 0 Å². The molecule has 0 radical (unpaired) electrons. The van der Waals surface area contributed by atoms with E-state index in [1.807, 2.05) is 0 Å². The van der Waals surface area contributed by atoms with Crippen molar-refractivity contribution in [3.8, 4) is 0 Å². The average molecular weight is 250 g/mol. The number of carbonyl (C=O) groups excluding carboxylic acids is 1. The van der Waals surface area contributed by atoms with Gasteiger partial charge in [0.2, 0.25) is 5.78 Å². The highest BCUT2D eigenvalue weighted by molar-refractivity contribution is 6.32. The lowest BCUT2D eigenvalue weighted by Gasteiger charge is -2.01. The first kappa shape index (κ1) is 15.6. The van der Waals surface area contributed by atoms with Crippen molar-refractivity contribution in [1.29, 1.82) is 0 Å². The van der Waals surface area contributed by atoms with E-state index in [2.05, 4.69) is 0 Å². The van der Waals surface area contributed by atoms with Crippen molar-refractivity contribution in [1.82, 2.24) is 0 Å². The molecule has 0 saturated carbocycles. The normalized spacial score (nSPS) is 13.2. The quantitative estimate of drug-likeness (QED) is 0.324. The van der Waals surface area contributed by atoms with Gasteiger partial charge in [0.05, 0.1) is 0 Å². The SMILES string of the molecule is CC=CC=C(C(=O)O)C(=O)C(=CC=CC)C(=O)O. The van der Waals surface area contributed by atoms with Crippen LogP contribution in [-0.2, 0) is 14.4 Å². The van der Waals surface area contributed by atoms with Gasteiger partial charge in [-0.3, -0.25) is 4.79 Å². The highest BCUT2D eigenvalue weighted by Crippen LogP contribution is 2.08. The smallest absolute Gasteiger partial charge is 0.339 e. The number of hydrogen-bond acceptors (Lipinski definition) is 3. The molecule has 0 aromatic carbocycles. The second-order valence-corrected chi connectivity index (χ2v) is 3.15. The summed E-state index contributed by atoms with van der Waals surface area (Å²) in [5.74, 6) is -3.97. The summed E-state index contributed by atoms with van der Waals surface area (Å²) in [6.07, 6.45) is 7.92. The standard InChI is InChI=1S/C13H14O5/c1-3-5-7-9(12(15)16)11(14)10(13(17)18)8-6-4-2/h3-8H,1-2H3,(H,15,16)(H,17,18). The lowest BCUT2D eigenvalue weighted by molar-refractivity contribution is -0.135. The fraction of sp³-hybridized carbons (Fsp3) is 0.154. The Bertz CT molecular complexity index is 422. The fourth-order valence-electron chi connectivity index (χ4n) is 1.02. The van der Waals surface area contributed by atoms with Gasteiger partial charge in [0, 0.05) is 0 Å². The Kier molecular flexibility index (Phi) is 6.73. The lowest BCUT2D eigenvalue weighted by atomic mass is 10.0. The maximum atomic E-state index is 11.8. The molecule has 0 saturated heterocycles. The molecule has 0 aliphatic heterocycles. The van der Waals surface area contributed by atoms with Crippen LogP contribution in [0.3, 0.4) is 0 Å². The molecule has 0 fully saturated rings. The van der Waals surface area contributed by atoms with E-state index in [1.165, 1.54) is 24.3 Å². The van der Waals surface area contributed by atoms with Crippen LogP contribution in [0.4, 0.5) is 0 Å². The monoisotopic (exact) mass is 250 g/mol. The fourth-order valence-corrected chi connectivity index (χ4v) is 1.02. The third kappa shape index (κ3) is 4.61. The summed E-state index contributed by atoms with van der Waals surface area (Å²) >= 11 is 0. The summed E-state index contributed by atoms with van der Waals surface area (Å²) in [5, 5.41) is 17.7. The first-order valence-electron chi connectivity index (χ1n) is 5.12. The van der Waals surface area contributed by atoms with Crippen molar-refractivity contribution in [2.45, 2.75) is 13.8 Å². The number of ketones is 1. The van der Waals surface area contributed by atoms with Crippen molar-refractivity contribution >= 4 is 17.7 Å². The van der Waals surface area contributed by atoms with Gasteiger partial charge in [-0.05, 0) is 26.0 Å². The molecule has 0 unspecified atom stereocenters. The molecule has 5 heteroatoms. The third-order valence-corrected chi connectivity index (χ3v) is 1.86. The number of carbonyl (C=O) groups is 3. The van der Waals surface area contributed by atoms with Crippen LogP contribution in [0.2, 0.25) is 0 Å². The zero-order valence-electron chi connectivity index (χ0n) is 10.1. The van der Waals surface area contributed by atoms with Gasteiger partial charge < -0.3 is 10.2 Å². The Balaban J connectivity index is 5.54. The molecule has 0 aliphatic rings. The van der Waals surface area contributed by atoms with Crippen LogP contribution in [0.1, 0.15) is 13.8 Å². The van der Waals surface area contributed by atoms with Gasteiger partial charge in [-0.15, -0.1) is 0 Å². The van der Waals surface area contributed by atoms with Crippen molar-refractivity contribution in [2.75, 3.05) is 0 Å². The predicted octanol–water partition coefficient (Wildman–Crippen LogP) is 1.73. The average Bonchev–Trinajstić information content (AvgIpc) is 2.29. The zero-order chi connectivity index (χ0) is 14.1. The van der Waals surface area contributed by atoms with Crippen molar-refractivity contribution in [3.63, 3.8) is 0 Å². The van der Waals surface area contributed by atoms with E-state index in [4.69, 9.17) is 10.2 Å². The summed E-state index contributed by atoms with van der Waals surface area (Å²) < 4.78 is 0. The van der Waals surface area contributed by atoms with E-state index in [0.717, 1.165) is 12.2 Å². The number of allylic oxidation sites excluding steroid dienone is 6. The first-order valence-corrected chi connectivity index (χ1v) is 5.12. The van der Waals surface area contributed by atoms with E-state index >= 15 is 0 Å². The topological polar surface area (TPSA) is 91.7 Å². The molecule has 96 valence electrons. The third-order valence-electron chi connectivity index (χ3n) is 1.86. The van der Waals surface area contributed by atoms with Crippen molar-refractivity contribution < 1.29 is 24.6 Å². The highest BCUT2D eigenvalue weighted by Gasteiger charge is 2.24. The molecule has 0 aliphatic carbocycles. The summed E-state index contributed by atoms with van der Waals surface area (Å²) in [5.41, 5.74) is -1.18. The van der Waals surface area contributed by atoms with E-state index in [-0.39, 0.29) is 0 Å². The van der Waals surface area contributed by atoms with Gasteiger partial charge in [-0.1, -0.05) is 24.3 Å². The molecular formula is C13H14O5. The molecule has 0 rings (SSSR count). The molecule has 0 aromatic heterocycles. The molecule has 0 bridgehead atoms. The van der Waals surface area contributed by atoms with E-state index < -0.39 is 28.9 Å². The molecule has 0 heterocycles. The van der Waals surface area contributed by atoms with Crippen LogP contribution in [0.5, 0.6) is 0 Å². The minimum absolute atomic E-state index is 0.591. The summed E-state index contributed by atoms with van der Waals surface area (Å²) in [6.45, 7) is 3.29. The molecule has 2 N–H and O–H groups in total. The largest absolute Gasteiger partial charge is 0.478 e. The van der Waals surface area contributed by atoms with E-state index in [0.29, 0.717) is 0 Å². The van der Waals surface area contributed by atoms with Crippen LogP contribution in [-0.4, -0.2) is 27.9 Å².